The Morgan fingerprint density at radius 3 is 2.64 bits per heavy atom. The molecule has 0 aliphatic heterocycles. The van der Waals surface area contributed by atoms with E-state index in [-0.39, 0.29) is 0 Å². The van der Waals surface area contributed by atoms with E-state index in [1.165, 1.54) is 0 Å². The quantitative estimate of drug-likeness (QED) is 0.761. The van der Waals surface area contributed by atoms with E-state index in [1.54, 1.807) is 26.5 Å². The fourth-order valence-corrected chi connectivity index (χ4v) is 2.48. The van der Waals surface area contributed by atoms with Crippen molar-refractivity contribution in [1.29, 1.82) is 0 Å². The van der Waals surface area contributed by atoms with Crippen LogP contribution in [0.3, 0.4) is 0 Å². The van der Waals surface area contributed by atoms with Gasteiger partial charge in [0.1, 0.15) is 11.5 Å². The van der Waals surface area contributed by atoms with E-state index < -0.39 is 0 Å². The number of nitrogens with one attached hydrogen (secondary N) is 1. The standard InChI is InChI=1S/C17H15ClN2O2/c1-21-11-6-7-12(18)15(10-11)20-14-8-9-19-13-4-3-5-16(22-2)17(13)14/h3-10H,1-2H3,(H,19,20). The van der Waals surface area contributed by atoms with Crippen molar-refractivity contribution in [2.24, 2.45) is 0 Å². The summed E-state index contributed by atoms with van der Waals surface area (Å²) in [4.78, 5) is 4.37. The van der Waals surface area contributed by atoms with E-state index in [1.807, 2.05) is 36.4 Å². The molecule has 0 aliphatic carbocycles. The van der Waals surface area contributed by atoms with Crippen LogP contribution in [0.15, 0.2) is 48.7 Å². The molecule has 112 valence electrons. The number of aromatic nitrogens is 1. The average molecular weight is 315 g/mol. The molecule has 0 fully saturated rings. The van der Waals surface area contributed by atoms with E-state index in [9.17, 15) is 0 Å². The largest absolute Gasteiger partial charge is 0.497 e. The highest BCUT2D eigenvalue weighted by molar-refractivity contribution is 6.33. The van der Waals surface area contributed by atoms with E-state index >= 15 is 0 Å². The first-order chi connectivity index (χ1) is 10.7. The Kier molecular flexibility index (Phi) is 4.02. The lowest BCUT2D eigenvalue weighted by Crippen LogP contribution is -1.96. The van der Waals surface area contributed by atoms with Crippen LogP contribution >= 0.6 is 11.6 Å². The molecule has 2 aromatic carbocycles. The fourth-order valence-electron chi connectivity index (χ4n) is 2.32. The van der Waals surface area contributed by atoms with E-state index in [2.05, 4.69) is 10.3 Å². The SMILES string of the molecule is COc1ccc(Cl)c(Nc2ccnc3cccc(OC)c23)c1. The topological polar surface area (TPSA) is 43.4 Å². The molecule has 5 heteroatoms. The summed E-state index contributed by atoms with van der Waals surface area (Å²) in [5.74, 6) is 1.49. The molecule has 0 saturated heterocycles. The molecule has 0 spiro atoms. The maximum Gasteiger partial charge on any atom is 0.130 e. The van der Waals surface area contributed by atoms with Crippen molar-refractivity contribution in [2.45, 2.75) is 0 Å². The van der Waals surface area contributed by atoms with Gasteiger partial charge in [0.15, 0.2) is 0 Å². The second kappa shape index (κ2) is 6.12. The number of ether oxygens (including phenoxy) is 2. The van der Waals surface area contributed by atoms with Gasteiger partial charge in [-0.2, -0.15) is 0 Å². The summed E-state index contributed by atoms with van der Waals surface area (Å²) in [6.45, 7) is 0. The van der Waals surface area contributed by atoms with Crippen LogP contribution < -0.4 is 14.8 Å². The molecule has 0 radical (unpaired) electrons. The number of anilines is 2. The van der Waals surface area contributed by atoms with E-state index in [0.717, 1.165) is 33.8 Å². The molecule has 22 heavy (non-hydrogen) atoms. The van der Waals surface area contributed by atoms with E-state index in [0.29, 0.717) is 5.02 Å². The third kappa shape index (κ3) is 2.65. The summed E-state index contributed by atoms with van der Waals surface area (Å²) < 4.78 is 10.7. The zero-order chi connectivity index (χ0) is 15.5. The number of rotatable bonds is 4. The maximum absolute atomic E-state index is 6.26. The van der Waals surface area contributed by atoms with Crippen LogP contribution in [0.25, 0.3) is 10.9 Å². The number of fused-ring (bicyclic) bond motifs is 1. The molecule has 0 unspecified atom stereocenters. The summed E-state index contributed by atoms with van der Waals surface area (Å²) in [6.07, 6.45) is 1.75. The number of hydrogen-bond donors (Lipinski definition) is 1. The van der Waals surface area contributed by atoms with Gasteiger partial charge in [0.2, 0.25) is 0 Å². The van der Waals surface area contributed by atoms with Gasteiger partial charge in [0.25, 0.3) is 0 Å². The van der Waals surface area contributed by atoms with Crippen molar-refractivity contribution in [1.82, 2.24) is 4.98 Å². The van der Waals surface area contributed by atoms with Gasteiger partial charge < -0.3 is 14.8 Å². The summed E-state index contributed by atoms with van der Waals surface area (Å²) in [5, 5.41) is 4.85. The maximum atomic E-state index is 6.26. The second-order valence-corrected chi connectivity index (χ2v) is 5.09. The molecular weight excluding hydrogens is 300 g/mol. The number of methoxy groups -OCH3 is 2. The number of nitrogens with zero attached hydrogens (tertiary/aromatic N) is 1. The fraction of sp³-hybridized carbons (Fsp3) is 0.118. The van der Waals surface area contributed by atoms with Gasteiger partial charge in [-0.15, -0.1) is 0 Å². The van der Waals surface area contributed by atoms with Gasteiger partial charge in [-0.1, -0.05) is 17.7 Å². The van der Waals surface area contributed by atoms with Gasteiger partial charge in [0, 0.05) is 12.3 Å². The molecule has 1 heterocycles. The summed E-state index contributed by atoms with van der Waals surface area (Å²) >= 11 is 6.26. The third-order valence-corrected chi connectivity index (χ3v) is 3.72. The monoisotopic (exact) mass is 314 g/mol. The van der Waals surface area contributed by atoms with Crippen LogP contribution in [0.2, 0.25) is 5.02 Å². The van der Waals surface area contributed by atoms with Crippen LogP contribution in [-0.2, 0) is 0 Å². The minimum absolute atomic E-state index is 0.612. The highest BCUT2D eigenvalue weighted by Gasteiger charge is 2.10. The first-order valence-corrected chi connectivity index (χ1v) is 7.13. The Morgan fingerprint density at radius 2 is 1.86 bits per heavy atom. The van der Waals surface area contributed by atoms with Crippen LogP contribution in [0.5, 0.6) is 11.5 Å². The highest BCUT2D eigenvalue weighted by Crippen LogP contribution is 2.35. The molecule has 0 saturated carbocycles. The lowest BCUT2D eigenvalue weighted by molar-refractivity contribution is 0.415. The molecule has 0 atom stereocenters. The van der Waals surface area contributed by atoms with E-state index in [4.69, 9.17) is 21.1 Å². The molecule has 1 aromatic heterocycles. The average Bonchev–Trinajstić information content (AvgIpc) is 2.56. The normalized spacial score (nSPS) is 10.5. The smallest absolute Gasteiger partial charge is 0.130 e. The first kappa shape index (κ1) is 14.5. The van der Waals surface area contributed by atoms with Gasteiger partial charge in [-0.25, -0.2) is 0 Å². The van der Waals surface area contributed by atoms with Crippen molar-refractivity contribution in [3.05, 3.63) is 53.7 Å². The second-order valence-electron chi connectivity index (χ2n) is 4.68. The Morgan fingerprint density at radius 1 is 1.00 bits per heavy atom. The van der Waals surface area contributed by atoms with Crippen molar-refractivity contribution in [3.63, 3.8) is 0 Å². The number of hydrogen-bond acceptors (Lipinski definition) is 4. The Hall–Kier alpha value is -2.46. The molecular formula is C17H15ClN2O2. The number of benzene rings is 2. The summed E-state index contributed by atoms with van der Waals surface area (Å²) in [5.41, 5.74) is 2.49. The van der Waals surface area contributed by atoms with Crippen molar-refractivity contribution >= 4 is 33.9 Å². The molecule has 0 aliphatic rings. The predicted octanol–water partition coefficient (Wildman–Crippen LogP) is 4.65. The van der Waals surface area contributed by atoms with Crippen molar-refractivity contribution in [2.75, 3.05) is 19.5 Å². The first-order valence-electron chi connectivity index (χ1n) is 6.75. The van der Waals surface area contributed by atoms with Crippen LogP contribution in [0.1, 0.15) is 0 Å². The van der Waals surface area contributed by atoms with Crippen molar-refractivity contribution < 1.29 is 9.47 Å². The molecule has 3 aromatic rings. The zero-order valence-corrected chi connectivity index (χ0v) is 13.0. The molecule has 4 nitrogen and oxygen atoms in total. The Labute approximate surface area is 133 Å². The van der Waals surface area contributed by atoms with Crippen molar-refractivity contribution in [3.8, 4) is 11.5 Å². The highest BCUT2D eigenvalue weighted by atomic mass is 35.5. The van der Waals surface area contributed by atoms with Crippen LogP contribution in [-0.4, -0.2) is 19.2 Å². The van der Waals surface area contributed by atoms with Gasteiger partial charge in [-0.05, 0) is 30.3 Å². The minimum Gasteiger partial charge on any atom is -0.497 e. The molecule has 3 rings (SSSR count). The Balaban J connectivity index is 2.11. The number of halogens is 1. The van der Waals surface area contributed by atoms with Gasteiger partial charge >= 0.3 is 0 Å². The van der Waals surface area contributed by atoms with Crippen LogP contribution in [0.4, 0.5) is 11.4 Å². The molecule has 0 bridgehead atoms. The summed E-state index contributed by atoms with van der Waals surface area (Å²) in [7, 11) is 3.27. The lowest BCUT2D eigenvalue weighted by Gasteiger charge is -2.14. The molecule has 0 amide bonds. The summed E-state index contributed by atoms with van der Waals surface area (Å²) in [6, 6.07) is 13.1. The predicted molar refractivity (Wildman–Crippen MR) is 89.6 cm³/mol. The Bertz CT molecular complexity index is 816. The number of pyridine rings is 1. The van der Waals surface area contributed by atoms with Crippen LogP contribution in [0, 0.1) is 0 Å². The van der Waals surface area contributed by atoms with Gasteiger partial charge in [0.05, 0.1) is 41.5 Å². The lowest BCUT2D eigenvalue weighted by atomic mass is 10.1. The molecule has 1 N–H and O–H groups in total. The van der Waals surface area contributed by atoms with Gasteiger partial charge in [-0.3, -0.25) is 4.98 Å². The third-order valence-electron chi connectivity index (χ3n) is 3.39. The zero-order valence-electron chi connectivity index (χ0n) is 12.3. The minimum atomic E-state index is 0.612.